The molecule has 0 aromatic rings. The first kappa shape index (κ1) is 73.1. The number of unbranched alkanes of at least 4 members (excludes halogenated alkanes) is 48. The summed E-state index contributed by atoms with van der Waals surface area (Å²) in [6.45, 7) is 4.90. The molecular formula is C69H131NO5. The lowest BCUT2D eigenvalue weighted by Crippen LogP contribution is -2.45. The van der Waals surface area contributed by atoms with Crippen molar-refractivity contribution < 1.29 is 24.5 Å². The molecule has 0 aliphatic heterocycles. The average molecular weight is 1050 g/mol. The number of carbonyl (C=O) groups is 2. The molecule has 0 rings (SSSR count). The molecule has 0 bridgehead atoms. The minimum atomic E-state index is -0.843. The van der Waals surface area contributed by atoms with Gasteiger partial charge in [0.05, 0.1) is 25.4 Å². The zero-order valence-corrected chi connectivity index (χ0v) is 50.5. The SMILES string of the molecule is CCCCC/C=C\CCCCCCCC(=O)OCCCCCCCCCCCCCC/C=C\CCCCCCCCCCCCCCCCC(=O)NC(CO)C(O)/C=C/CCCCCCCCCCCCCCCC. The predicted molar refractivity (Wildman–Crippen MR) is 329 cm³/mol. The van der Waals surface area contributed by atoms with E-state index in [0.717, 1.165) is 44.9 Å². The lowest BCUT2D eigenvalue weighted by Gasteiger charge is -2.20. The van der Waals surface area contributed by atoms with Gasteiger partial charge in [-0.2, -0.15) is 0 Å². The van der Waals surface area contributed by atoms with Crippen molar-refractivity contribution in [2.45, 2.75) is 379 Å². The molecule has 0 aliphatic rings. The van der Waals surface area contributed by atoms with Gasteiger partial charge in [0.25, 0.3) is 0 Å². The van der Waals surface area contributed by atoms with Crippen LogP contribution in [-0.4, -0.2) is 47.4 Å². The third-order valence-corrected chi connectivity index (χ3v) is 15.6. The van der Waals surface area contributed by atoms with Crippen molar-refractivity contribution in [2.75, 3.05) is 13.2 Å². The van der Waals surface area contributed by atoms with Crippen molar-refractivity contribution in [3.05, 3.63) is 36.5 Å². The van der Waals surface area contributed by atoms with E-state index in [-0.39, 0.29) is 18.5 Å². The Balaban J connectivity index is 3.39. The molecule has 6 heteroatoms. The maximum absolute atomic E-state index is 12.5. The Morgan fingerprint density at radius 2 is 0.627 bits per heavy atom. The summed E-state index contributed by atoms with van der Waals surface area (Å²) < 4.78 is 5.47. The van der Waals surface area contributed by atoms with E-state index >= 15 is 0 Å². The Labute approximate surface area is 468 Å². The molecule has 0 aromatic heterocycles. The minimum Gasteiger partial charge on any atom is -0.466 e. The van der Waals surface area contributed by atoms with Crippen LogP contribution in [0.2, 0.25) is 0 Å². The molecule has 3 N–H and O–H groups in total. The Hall–Kier alpha value is -1.92. The zero-order valence-electron chi connectivity index (χ0n) is 50.5. The molecule has 0 heterocycles. The quantitative estimate of drug-likeness (QED) is 0.0320. The predicted octanol–water partition coefficient (Wildman–Crippen LogP) is 21.5. The maximum atomic E-state index is 12.5. The molecule has 0 aromatic carbocycles. The summed E-state index contributed by atoms with van der Waals surface area (Å²) >= 11 is 0. The van der Waals surface area contributed by atoms with Crippen LogP contribution >= 0.6 is 0 Å². The first-order valence-electron chi connectivity index (χ1n) is 33.8. The van der Waals surface area contributed by atoms with Gasteiger partial charge in [-0.3, -0.25) is 9.59 Å². The summed E-state index contributed by atoms with van der Waals surface area (Å²) in [5.74, 6) is -0.0576. The number of hydrogen-bond donors (Lipinski definition) is 3. The average Bonchev–Trinajstić information content (AvgIpc) is 3.41. The monoisotopic (exact) mass is 1050 g/mol. The second-order valence-electron chi connectivity index (χ2n) is 23.1. The van der Waals surface area contributed by atoms with Gasteiger partial charge in [-0.25, -0.2) is 0 Å². The van der Waals surface area contributed by atoms with Crippen LogP contribution in [0.3, 0.4) is 0 Å². The lowest BCUT2D eigenvalue weighted by molar-refractivity contribution is -0.143. The fraction of sp³-hybridized carbons (Fsp3) is 0.884. The van der Waals surface area contributed by atoms with Gasteiger partial charge >= 0.3 is 5.97 Å². The first-order chi connectivity index (χ1) is 37.0. The highest BCUT2D eigenvalue weighted by molar-refractivity contribution is 5.76. The molecule has 0 saturated carbocycles. The second kappa shape index (κ2) is 64.6. The van der Waals surface area contributed by atoms with Crippen molar-refractivity contribution >= 4 is 11.9 Å². The highest BCUT2D eigenvalue weighted by Gasteiger charge is 2.18. The van der Waals surface area contributed by atoms with Crippen molar-refractivity contribution in [1.29, 1.82) is 0 Å². The van der Waals surface area contributed by atoms with E-state index in [1.54, 1.807) is 6.08 Å². The van der Waals surface area contributed by atoms with Crippen molar-refractivity contribution in [1.82, 2.24) is 5.32 Å². The normalized spacial score (nSPS) is 12.7. The van der Waals surface area contributed by atoms with E-state index < -0.39 is 12.1 Å². The van der Waals surface area contributed by atoms with Crippen LogP contribution in [-0.2, 0) is 14.3 Å². The first-order valence-corrected chi connectivity index (χ1v) is 33.8. The Morgan fingerprint density at radius 3 is 0.973 bits per heavy atom. The Morgan fingerprint density at radius 1 is 0.360 bits per heavy atom. The number of carbonyl (C=O) groups excluding carboxylic acids is 2. The van der Waals surface area contributed by atoms with E-state index in [2.05, 4.69) is 43.5 Å². The third-order valence-electron chi connectivity index (χ3n) is 15.6. The van der Waals surface area contributed by atoms with Gasteiger partial charge in [0.2, 0.25) is 5.91 Å². The smallest absolute Gasteiger partial charge is 0.305 e. The molecule has 0 aliphatic carbocycles. The third kappa shape index (κ3) is 61.2. The molecule has 2 atom stereocenters. The van der Waals surface area contributed by atoms with Crippen LogP contribution in [0, 0.1) is 0 Å². The van der Waals surface area contributed by atoms with E-state index in [1.807, 2.05) is 6.08 Å². The lowest BCUT2D eigenvalue weighted by atomic mass is 10.0. The standard InChI is InChI=1S/C69H131NO5/c1-3-5-7-9-11-13-15-17-18-35-38-41-45-49-53-57-61-67(72)66(65-71)70-68(73)62-58-54-50-46-42-39-36-33-31-29-27-25-23-21-19-20-22-24-26-28-30-32-34-37-40-44-48-52-56-60-64-75-69(74)63-59-55-51-47-43-16-14-12-10-8-6-4-2/h12,14,20,22,57,61,66-67,71-72H,3-11,13,15-19,21,23-56,58-60,62-65H2,1-2H3,(H,70,73)/b14-12-,22-20-,61-57+. The fourth-order valence-corrected chi connectivity index (χ4v) is 10.4. The molecule has 0 saturated heterocycles. The van der Waals surface area contributed by atoms with Gasteiger partial charge in [0.1, 0.15) is 0 Å². The van der Waals surface area contributed by atoms with Crippen LogP contribution in [0.25, 0.3) is 0 Å². The number of allylic oxidation sites excluding steroid dienone is 5. The molecule has 442 valence electrons. The number of hydrogen-bond acceptors (Lipinski definition) is 5. The number of aliphatic hydroxyl groups excluding tert-OH is 2. The molecular weight excluding hydrogens is 923 g/mol. The highest BCUT2D eigenvalue weighted by atomic mass is 16.5. The van der Waals surface area contributed by atoms with Gasteiger partial charge < -0.3 is 20.3 Å². The summed E-state index contributed by atoms with van der Waals surface area (Å²) in [4.78, 5) is 24.5. The number of ether oxygens (including phenoxy) is 1. The van der Waals surface area contributed by atoms with Crippen molar-refractivity contribution in [3.8, 4) is 0 Å². The van der Waals surface area contributed by atoms with E-state index in [4.69, 9.17) is 4.74 Å². The maximum Gasteiger partial charge on any atom is 0.305 e. The van der Waals surface area contributed by atoms with Gasteiger partial charge in [-0.15, -0.1) is 0 Å². The number of amides is 1. The number of rotatable bonds is 63. The molecule has 0 fully saturated rings. The Kier molecular flexibility index (Phi) is 63.0. The van der Waals surface area contributed by atoms with E-state index in [9.17, 15) is 19.8 Å². The number of esters is 1. The van der Waals surface area contributed by atoms with Crippen molar-refractivity contribution in [2.24, 2.45) is 0 Å². The highest BCUT2D eigenvalue weighted by Crippen LogP contribution is 2.18. The topological polar surface area (TPSA) is 95.9 Å². The molecule has 0 radical (unpaired) electrons. The number of nitrogens with one attached hydrogen (secondary N) is 1. The Bertz CT molecular complexity index is 1210. The minimum absolute atomic E-state index is 0.00678. The summed E-state index contributed by atoms with van der Waals surface area (Å²) in [6.07, 6.45) is 82.1. The summed E-state index contributed by atoms with van der Waals surface area (Å²) in [5, 5.41) is 23.2. The summed E-state index contributed by atoms with van der Waals surface area (Å²) in [6, 6.07) is -0.627. The molecule has 75 heavy (non-hydrogen) atoms. The van der Waals surface area contributed by atoms with E-state index in [0.29, 0.717) is 19.4 Å². The zero-order chi connectivity index (χ0) is 54.3. The van der Waals surface area contributed by atoms with Gasteiger partial charge in [0.15, 0.2) is 0 Å². The molecule has 1 amide bonds. The number of aliphatic hydroxyl groups is 2. The fourth-order valence-electron chi connectivity index (χ4n) is 10.4. The summed E-state index contributed by atoms with van der Waals surface area (Å²) in [5.41, 5.74) is 0. The van der Waals surface area contributed by atoms with Crippen LogP contribution in [0.4, 0.5) is 0 Å². The second-order valence-corrected chi connectivity index (χ2v) is 23.1. The summed E-state index contributed by atoms with van der Waals surface area (Å²) in [7, 11) is 0. The molecule has 2 unspecified atom stereocenters. The van der Waals surface area contributed by atoms with Gasteiger partial charge in [-0.05, 0) is 83.5 Å². The largest absolute Gasteiger partial charge is 0.466 e. The van der Waals surface area contributed by atoms with Crippen LogP contribution in [0.15, 0.2) is 36.5 Å². The van der Waals surface area contributed by atoms with Crippen LogP contribution in [0.1, 0.15) is 367 Å². The van der Waals surface area contributed by atoms with Gasteiger partial charge in [0, 0.05) is 12.8 Å². The molecule has 6 nitrogen and oxygen atoms in total. The van der Waals surface area contributed by atoms with Crippen LogP contribution < -0.4 is 5.32 Å². The molecule has 0 spiro atoms. The van der Waals surface area contributed by atoms with Crippen LogP contribution in [0.5, 0.6) is 0 Å². The van der Waals surface area contributed by atoms with Crippen molar-refractivity contribution in [3.63, 3.8) is 0 Å². The van der Waals surface area contributed by atoms with E-state index in [1.165, 1.54) is 295 Å². The van der Waals surface area contributed by atoms with Gasteiger partial charge in [-0.1, -0.05) is 307 Å².